The number of hydrogen-bond acceptors (Lipinski definition) is 6. The second kappa shape index (κ2) is 7.91. The van der Waals surface area contributed by atoms with E-state index in [9.17, 15) is 4.79 Å². The Labute approximate surface area is 134 Å². The SMILES string of the molecule is COC(=O)C(C(C)OC)C(Nc1nccs1)c1ccccc1. The normalized spacial score (nSPS) is 14.9. The molecule has 3 atom stereocenters. The largest absolute Gasteiger partial charge is 0.469 e. The molecule has 2 rings (SSSR count). The highest BCUT2D eigenvalue weighted by Gasteiger charge is 2.36. The third-order valence-electron chi connectivity index (χ3n) is 3.58. The first-order valence-electron chi connectivity index (χ1n) is 6.99. The molecule has 0 aliphatic carbocycles. The molecule has 2 aromatic rings. The van der Waals surface area contributed by atoms with Gasteiger partial charge < -0.3 is 14.8 Å². The van der Waals surface area contributed by atoms with Gasteiger partial charge in [0.25, 0.3) is 0 Å². The van der Waals surface area contributed by atoms with Crippen LogP contribution in [-0.4, -0.2) is 31.3 Å². The molecular formula is C16H20N2O3S. The molecule has 3 unspecified atom stereocenters. The van der Waals surface area contributed by atoms with Crippen LogP contribution in [0.15, 0.2) is 41.9 Å². The highest BCUT2D eigenvalue weighted by Crippen LogP contribution is 2.31. The van der Waals surface area contributed by atoms with E-state index in [4.69, 9.17) is 9.47 Å². The Kier molecular flexibility index (Phi) is 5.91. The van der Waals surface area contributed by atoms with Crippen molar-refractivity contribution in [1.29, 1.82) is 0 Å². The summed E-state index contributed by atoms with van der Waals surface area (Å²) in [4.78, 5) is 16.5. The van der Waals surface area contributed by atoms with Gasteiger partial charge in [-0.25, -0.2) is 4.98 Å². The van der Waals surface area contributed by atoms with Gasteiger partial charge in [0.2, 0.25) is 0 Å². The zero-order chi connectivity index (χ0) is 15.9. The summed E-state index contributed by atoms with van der Waals surface area (Å²) in [5.74, 6) is -0.798. The zero-order valence-corrected chi connectivity index (χ0v) is 13.7. The Balaban J connectivity index is 2.38. The number of aromatic nitrogens is 1. The molecule has 1 heterocycles. The van der Waals surface area contributed by atoms with Crippen LogP contribution in [0.3, 0.4) is 0 Å². The van der Waals surface area contributed by atoms with Crippen LogP contribution in [0.4, 0.5) is 5.13 Å². The van der Waals surface area contributed by atoms with Crippen molar-refractivity contribution in [3.05, 3.63) is 47.5 Å². The lowest BCUT2D eigenvalue weighted by atomic mass is 9.89. The minimum Gasteiger partial charge on any atom is -0.469 e. The standard InChI is InChI=1S/C16H20N2O3S/c1-11(20-2)13(15(19)21-3)14(12-7-5-4-6-8-12)18-16-17-9-10-22-16/h4-11,13-14H,1-3H3,(H,17,18). The lowest BCUT2D eigenvalue weighted by Crippen LogP contribution is -2.37. The van der Waals surface area contributed by atoms with Gasteiger partial charge in [-0.05, 0) is 12.5 Å². The van der Waals surface area contributed by atoms with Crippen molar-refractivity contribution in [1.82, 2.24) is 4.98 Å². The van der Waals surface area contributed by atoms with Gasteiger partial charge in [-0.3, -0.25) is 4.79 Å². The third kappa shape index (κ3) is 3.84. The first-order valence-corrected chi connectivity index (χ1v) is 7.87. The van der Waals surface area contributed by atoms with E-state index in [2.05, 4.69) is 10.3 Å². The van der Waals surface area contributed by atoms with E-state index in [1.54, 1.807) is 13.3 Å². The van der Waals surface area contributed by atoms with Gasteiger partial charge in [-0.15, -0.1) is 11.3 Å². The van der Waals surface area contributed by atoms with E-state index in [-0.39, 0.29) is 18.1 Å². The van der Waals surface area contributed by atoms with Crippen molar-refractivity contribution in [2.24, 2.45) is 5.92 Å². The average Bonchev–Trinajstić information content (AvgIpc) is 3.07. The topological polar surface area (TPSA) is 60.5 Å². The number of carbonyl (C=O) groups excluding carboxylic acids is 1. The van der Waals surface area contributed by atoms with Crippen molar-refractivity contribution in [3.8, 4) is 0 Å². The van der Waals surface area contributed by atoms with Crippen LogP contribution in [0, 0.1) is 5.92 Å². The summed E-state index contributed by atoms with van der Waals surface area (Å²) in [6.07, 6.45) is 1.42. The summed E-state index contributed by atoms with van der Waals surface area (Å²) in [5, 5.41) is 5.97. The van der Waals surface area contributed by atoms with Crippen LogP contribution < -0.4 is 5.32 Å². The highest BCUT2D eigenvalue weighted by atomic mass is 32.1. The Morgan fingerprint density at radius 3 is 2.55 bits per heavy atom. The smallest absolute Gasteiger partial charge is 0.313 e. The third-order valence-corrected chi connectivity index (χ3v) is 4.28. The van der Waals surface area contributed by atoms with Crippen LogP contribution >= 0.6 is 11.3 Å². The lowest BCUT2D eigenvalue weighted by Gasteiger charge is -2.30. The van der Waals surface area contributed by atoms with Crippen LogP contribution in [0.5, 0.6) is 0 Å². The van der Waals surface area contributed by atoms with Crippen molar-refractivity contribution in [2.45, 2.75) is 19.1 Å². The summed E-state index contributed by atoms with van der Waals surface area (Å²) in [6, 6.07) is 9.49. The van der Waals surface area contributed by atoms with Crippen molar-refractivity contribution >= 4 is 22.4 Å². The van der Waals surface area contributed by atoms with Gasteiger partial charge in [0.15, 0.2) is 5.13 Å². The van der Waals surface area contributed by atoms with Crippen LogP contribution in [0.1, 0.15) is 18.5 Å². The minimum absolute atomic E-state index is 0.283. The van der Waals surface area contributed by atoms with Gasteiger partial charge in [0, 0.05) is 18.7 Å². The van der Waals surface area contributed by atoms with Crippen LogP contribution in [-0.2, 0) is 14.3 Å². The summed E-state index contributed by atoms with van der Waals surface area (Å²) in [6.45, 7) is 1.86. The lowest BCUT2D eigenvalue weighted by molar-refractivity contribution is -0.150. The maximum absolute atomic E-state index is 12.3. The molecule has 22 heavy (non-hydrogen) atoms. The van der Waals surface area contributed by atoms with E-state index in [1.807, 2.05) is 42.6 Å². The van der Waals surface area contributed by atoms with E-state index >= 15 is 0 Å². The van der Waals surface area contributed by atoms with Gasteiger partial charge in [0.05, 0.1) is 19.3 Å². The van der Waals surface area contributed by atoms with Gasteiger partial charge in [0.1, 0.15) is 5.92 Å². The first-order chi connectivity index (χ1) is 10.7. The van der Waals surface area contributed by atoms with Crippen LogP contribution in [0.2, 0.25) is 0 Å². The van der Waals surface area contributed by atoms with Gasteiger partial charge >= 0.3 is 5.97 Å². The van der Waals surface area contributed by atoms with E-state index in [0.717, 1.165) is 10.7 Å². The zero-order valence-electron chi connectivity index (χ0n) is 12.9. The van der Waals surface area contributed by atoms with E-state index in [0.29, 0.717) is 0 Å². The molecular weight excluding hydrogens is 300 g/mol. The molecule has 0 spiro atoms. The molecule has 0 amide bonds. The molecule has 118 valence electrons. The molecule has 0 fully saturated rings. The Hall–Kier alpha value is -1.92. The number of esters is 1. The number of ether oxygens (including phenoxy) is 2. The molecule has 0 saturated carbocycles. The molecule has 5 nitrogen and oxygen atoms in total. The molecule has 0 bridgehead atoms. The predicted molar refractivity (Wildman–Crippen MR) is 86.9 cm³/mol. The number of rotatable bonds is 7. The van der Waals surface area contributed by atoms with E-state index < -0.39 is 5.92 Å². The number of nitrogens with one attached hydrogen (secondary N) is 1. The molecule has 6 heteroatoms. The summed E-state index contributed by atoms with van der Waals surface area (Å²) >= 11 is 1.49. The molecule has 0 aliphatic rings. The Morgan fingerprint density at radius 1 is 1.27 bits per heavy atom. The average molecular weight is 320 g/mol. The van der Waals surface area contributed by atoms with Crippen molar-refractivity contribution in [3.63, 3.8) is 0 Å². The maximum Gasteiger partial charge on any atom is 0.313 e. The number of benzene rings is 1. The maximum atomic E-state index is 12.3. The number of nitrogens with zero attached hydrogens (tertiary/aromatic N) is 1. The second-order valence-electron chi connectivity index (χ2n) is 4.86. The van der Waals surface area contributed by atoms with Crippen molar-refractivity contribution in [2.75, 3.05) is 19.5 Å². The first kappa shape index (κ1) is 16.5. The minimum atomic E-state index is -0.485. The molecule has 0 saturated heterocycles. The van der Waals surface area contributed by atoms with Crippen molar-refractivity contribution < 1.29 is 14.3 Å². The second-order valence-corrected chi connectivity index (χ2v) is 5.75. The number of methoxy groups -OCH3 is 2. The predicted octanol–water partition coefficient (Wildman–Crippen LogP) is 3.12. The number of carbonyl (C=O) groups is 1. The molecule has 0 aliphatic heterocycles. The quantitative estimate of drug-likeness (QED) is 0.794. The summed E-state index contributed by atoms with van der Waals surface area (Å²) in [5.41, 5.74) is 0.983. The molecule has 1 aromatic carbocycles. The molecule has 1 N–H and O–H groups in total. The Bertz CT molecular complexity index is 574. The van der Waals surface area contributed by atoms with E-state index in [1.165, 1.54) is 18.4 Å². The molecule has 0 radical (unpaired) electrons. The van der Waals surface area contributed by atoms with Crippen LogP contribution in [0.25, 0.3) is 0 Å². The fourth-order valence-corrected chi connectivity index (χ4v) is 2.92. The highest BCUT2D eigenvalue weighted by molar-refractivity contribution is 7.13. The summed E-state index contributed by atoms with van der Waals surface area (Å²) < 4.78 is 10.4. The number of hydrogen-bond donors (Lipinski definition) is 1. The fraction of sp³-hybridized carbons (Fsp3) is 0.375. The molecule has 1 aromatic heterocycles. The van der Waals surface area contributed by atoms with Gasteiger partial charge in [-0.1, -0.05) is 30.3 Å². The number of anilines is 1. The van der Waals surface area contributed by atoms with Gasteiger partial charge in [-0.2, -0.15) is 0 Å². The number of thiazole rings is 1. The Morgan fingerprint density at radius 2 is 2.00 bits per heavy atom. The summed E-state index contributed by atoms with van der Waals surface area (Å²) in [7, 11) is 2.98. The fourth-order valence-electron chi connectivity index (χ4n) is 2.35. The monoisotopic (exact) mass is 320 g/mol.